The van der Waals surface area contributed by atoms with Crippen molar-refractivity contribution in [3.63, 3.8) is 0 Å². The number of sulfonamides is 1. The highest BCUT2D eigenvalue weighted by molar-refractivity contribution is 7.88. The molecule has 1 aromatic rings. The van der Waals surface area contributed by atoms with E-state index in [1.54, 1.807) is 27.7 Å². The highest BCUT2D eigenvalue weighted by atomic mass is 35.5. The van der Waals surface area contributed by atoms with Crippen LogP contribution in [0.5, 0.6) is 0 Å². The Labute approximate surface area is 158 Å². The Balaban J connectivity index is 2.09. The second kappa shape index (κ2) is 7.70. The fourth-order valence-corrected chi connectivity index (χ4v) is 4.67. The van der Waals surface area contributed by atoms with E-state index in [1.807, 2.05) is 0 Å². The summed E-state index contributed by atoms with van der Waals surface area (Å²) in [6.07, 6.45) is -0.473. The van der Waals surface area contributed by atoms with Gasteiger partial charge in [0.25, 0.3) is 0 Å². The number of hydrogen-bond acceptors (Lipinski definition) is 4. The number of carbonyl (C=O) groups excluding carboxylic acids is 1. The second-order valence-electron chi connectivity index (χ2n) is 7.34. The third-order valence-electron chi connectivity index (χ3n) is 4.00. The Hall–Kier alpha value is -1.38. The van der Waals surface area contributed by atoms with E-state index in [4.69, 9.17) is 16.3 Å². The Kier molecular flexibility index (Phi) is 6.20. The van der Waals surface area contributed by atoms with Gasteiger partial charge in [-0.05, 0) is 39.8 Å². The molecule has 0 saturated carbocycles. The summed E-state index contributed by atoms with van der Waals surface area (Å²) in [4.78, 5) is 13.7. The molecule has 1 fully saturated rings. The fourth-order valence-electron chi connectivity index (χ4n) is 2.71. The van der Waals surface area contributed by atoms with Gasteiger partial charge in [-0.1, -0.05) is 17.7 Å². The number of halogens is 2. The van der Waals surface area contributed by atoms with Crippen LogP contribution in [0.1, 0.15) is 33.3 Å². The molecule has 146 valence electrons. The minimum absolute atomic E-state index is 0.0450. The zero-order chi connectivity index (χ0) is 19.7. The van der Waals surface area contributed by atoms with Crippen molar-refractivity contribution >= 4 is 27.7 Å². The lowest BCUT2D eigenvalue weighted by molar-refractivity contribution is 0.00857. The number of carbonyl (C=O) groups is 1. The van der Waals surface area contributed by atoms with Crippen molar-refractivity contribution in [3.8, 4) is 0 Å². The van der Waals surface area contributed by atoms with Crippen LogP contribution in [-0.2, 0) is 20.5 Å². The van der Waals surface area contributed by atoms with E-state index in [0.29, 0.717) is 0 Å². The van der Waals surface area contributed by atoms with Crippen LogP contribution in [0.3, 0.4) is 0 Å². The summed E-state index contributed by atoms with van der Waals surface area (Å²) >= 11 is 5.94. The van der Waals surface area contributed by atoms with Crippen LogP contribution in [0.4, 0.5) is 9.18 Å². The molecule has 0 spiro atoms. The van der Waals surface area contributed by atoms with Gasteiger partial charge in [-0.3, -0.25) is 0 Å². The normalized spacial score (nSPS) is 19.5. The lowest BCUT2D eigenvalue weighted by atomic mass is 10.2. The largest absolute Gasteiger partial charge is 0.444 e. The van der Waals surface area contributed by atoms with Gasteiger partial charge in [-0.15, -0.1) is 0 Å². The Morgan fingerprint density at radius 3 is 2.54 bits per heavy atom. The maximum absolute atomic E-state index is 13.9. The summed E-state index contributed by atoms with van der Waals surface area (Å²) in [7, 11) is -3.77. The lowest BCUT2D eigenvalue weighted by Crippen LogP contribution is -2.56. The number of rotatable bonds is 3. The van der Waals surface area contributed by atoms with Crippen LogP contribution in [0.15, 0.2) is 18.2 Å². The maximum atomic E-state index is 13.9. The van der Waals surface area contributed by atoms with Gasteiger partial charge < -0.3 is 9.64 Å². The van der Waals surface area contributed by atoms with Crippen LogP contribution in [0.2, 0.25) is 5.02 Å². The third kappa shape index (κ3) is 5.08. The van der Waals surface area contributed by atoms with E-state index in [0.717, 1.165) is 0 Å². The van der Waals surface area contributed by atoms with Gasteiger partial charge in [0.15, 0.2) is 0 Å². The summed E-state index contributed by atoms with van der Waals surface area (Å²) in [6, 6.07) is 3.71. The van der Waals surface area contributed by atoms with Crippen LogP contribution in [-0.4, -0.2) is 55.0 Å². The minimum atomic E-state index is -3.77. The molecule has 0 radical (unpaired) electrons. The summed E-state index contributed by atoms with van der Waals surface area (Å²) < 4.78 is 45.9. The number of piperazine rings is 1. The summed E-state index contributed by atoms with van der Waals surface area (Å²) in [5.74, 6) is -1.17. The smallest absolute Gasteiger partial charge is 0.410 e. The number of hydrogen-bond donors (Lipinski definition) is 0. The van der Waals surface area contributed by atoms with Crippen molar-refractivity contribution < 1.29 is 22.3 Å². The van der Waals surface area contributed by atoms with Crippen molar-refractivity contribution in [2.75, 3.05) is 19.6 Å². The number of nitrogens with zero attached hydrogens (tertiary/aromatic N) is 2. The molecule has 1 aliphatic heterocycles. The number of benzene rings is 1. The van der Waals surface area contributed by atoms with Crippen molar-refractivity contribution in [2.24, 2.45) is 0 Å². The molecule has 2 rings (SSSR count). The average Bonchev–Trinajstić information content (AvgIpc) is 2.49. The molecule has 1 atom stereocenters. The van der Waals surface area contributed by atoms with E-state index >= 15 is 0 Å². The first-order chi connectivity index (χ1) is 11.9. The molecule has 1 saturated heterocycles. The molecule has 0 bridgehead atoms. The van der Waals surface area contributed by atoms with Crippen molar-refractivity contribution in [2.45, 2.75) is 45.1 Å². The third-order valence-corrected chi connectivity index (χ3v) is 6.13. The molecule has 0 aromatic heterocycles. The number of ether oxygens (including phenoxy) is 1. The van der Waals surface area contributed by atoms with Crippen molar-refractivity contribution in [3.05, 3.63) is 34.6 Å². The summed E-state index contributed by atoms with van der Waals surface area (Å²) in [5.41, 5.74) is -0.668. The average molecular weight is 407 g/mol. The van der Waals surface area contributed by atoms with Crippen LogP contribution >= 0.6 is 11.6 Å². The van der Waals surface area contributed by atoms with Crippen LogP contribution in [0, 0.1) is 5.82 Å². The SMILES string of the molecule is CC1CN(S(=O)(=O)Cc2c(F)cccc2Cl)CCN1C(=O)OC(C)(C)C. The monoisotopic (exact) mass is 406 g/mol. The summed E-state index contributed by atoms with van der Waals surface area (Å²) in [6.45, 7) is 7.52. The predicted molar refractivity (Wildman–Crippen MR) is 98.0 cm³/mol. The van der Waals surface area contributed by atoms with Gasteiger partial charge in [-0.25, -0.2) is 17.6 Å². The van der Waals surface area contributed by atoms with Crippen molar-refractivity contribution in [1.82, 2.24) is 9.21 Å². The highest BCUT2D eigenvalue weighted by Crippen LogP contribution is 2.24. The molecule has 1 aromatic carbocycles. The lowest BCUT2D eigenvalue weighted by Gasteiger charge is -2.39. The predicted octanol–water partition coefficient (Wildman–Crippen LogP) is 3.25. The second-order valence-corrected chi connectivity index (χ2v) is 9.71. The van der Waals surface area contributed by atoms with Crippen molar-refractivity contribution in [1.29, 1.82) is 0 Å². The van der Waals surface area contributed by atoms with Gasteiger partial charge in [0.2, 0.25) is 10.0 Å². The Morgan fingerprint density at radius 1 is 1.35 bits per heavy atom. The molecule has 1 heterocycles. The molecule has 6 nitrogen and oxygen atoms in total. The molecular formula is C17H24ClFN2O4S. The molecule has 0 N–H and O–H groups in total. The van der Waals surface area contributed by atoms with Gasteiger partial charge in [0.05, 0.1) is 5.75 Å². The van der Waals surface area contributed by atoms with Gasteiger partial charge >= 0.3 is 6.09 Å². The van der Waals surface area contributed by atoms with Gasteiger partial charge in [0, 0.05) is 36.3 Å². The van der Waals surface area contributed by atoms with Gasteiger partial charge in [0.1, 0.15) is 11.4 Å². The first-order valence-corrected chi connectivity index (χ1v) is 10.3. The van der Waals surface area contributed by atoms with E-state index in [2.05, 4.69) is 0 Å². The minimum Gasteiger partial charge on any atom is -0.444 e. The van der Waals surface area contributed by atoms with Gasteiger partial charge in [-0.2, -0.15) is 4.31 Å². The summed E-state index contributed by atoms with van der Waals surface area (Å²) in [5, 5.41) is 0.0778. The van der Waals surface area contributed by atoms with E-state index < -0.39 is 33.3 Å². The molecule has 0 aliphatic carbocycles. The Bertz CT molecular complexity index is 759. The molecule has 9 heteroatoms. The Morgan fingerprint density at radius 2 is 2.00 bits per heavy atom. The van der Waals surface area contributed by atoms with E-state index in [-0.39, 0.29) is 36.3 Å². The first kappa shape index (κ1) is 20.9. The zero-order valence-corrected chi connectivity index (χ0v) is 16.9. The zero-order valence-electron chi connectivity index (χ0n) is 15.3. The molecule has 1 amide bonds. The molecule has 26 heavy (non-hydrogen) atoms. The molecule has 1 unspecified atom stereocenters. The molecular weight excluding hydrogens is 383 g/mol. The van der Waals surface area contributed by atoms with Crippen LogP contribution < -0.4 is 0 Å². The van der Waals surface area contributed by atoms with Crippen LogP contribution in [0.25, 0.3) is 0 Å². The number of amides is 1. The van der Waals surface area contributed by atoms with E-state index in [9.17, 15) is 17.6 Å². The molecule has 1 aliphatic rings. The fraction of sp³-hybridized carbons (Fsp3) is 0.588. The first-order valence-electron chi connectivity index (χ1n) is 8.31. The maximum Gasteiger partial charge on any atom is 0.410 e. The van der Waals surface area contributed by atoms with E-state index in [1.165, 1.54) is 27.4 Å². The highest BCUT2D eigenvalue weighted by Gasteiger charge is 2.35. The topological polar surface area (TPSA) is 66.9 Å². The quantitative estimate of drug-likeness (QED) is 0.772. The standard InChI is InChI=1S/C17H24ClFN2O4S/c1-12-10-20(8-9-21(12)16(22)25-17(2,3)4)26(23,24)11-13-14(18)6-5-7-15(13)19/h5-7,12H,8-11H2,1-4H3.